The van der Waals surface area contributed by atoms with E-state index in [4.69, 9.17) is 5.11 Å². The summed E-state index contributed by atoms with van der Waals surface area (Å²) in [6, 6.07) is 20.6. The zero-order valence-corrected chi connectivity index (χ0v) is 13.5. The van der Waals surface area contributed by atoms with Crippen LogP contribution in [0.15, 0.2) is 66.7 Å². The largest absolute Gasteiger partial charge is 0.392 e. The van der Waals surface area contributed by atoms with Crippen molar-refractivity contribution in [3.63, 3.8) is 0 Å². The van der Waals surface area contributed by atoms with Crippen LogP contribution in [0.2, 0.25) is 0 Å². The third kappa shape index (κ3) is 3.78. The van der Waals surface area contributed by atoms with E-state index in [0.717, 1.165) is 27.5 Å². The summed E-state index contributed by atoms with van der Waals surface area (Å²) in [4.78, 5) is 0. The molecule has 0 aliphatic carbocycles. The van der Waals surface area contributed by atoms with Gasteiger partial charge >= 0.3 is 0 Å². The monoisotopic (exact) mass is 326 g/mol. The molecule has 1 N–H and O–H groups in total. The Morgan fingerprint density at radius 1 is 0.739 bits per heavy atom. The van der Waals surface area contributed by atoms with Crippen LogP contribution in [0.1, 0.15) is 16.7 Å². The Hall–Kier alpha value is -2.17. The van der Waals surface area contributed by atoms with E-state index in [0.29, 0.717) is 0 Å². The average Bonchev–Trinajstić information content (AvgIpc) is 2.55. The molecule has 0 saturated carbocycles. The lowest BCUT2D eigenvalue weighted by Gasteiger charge is -2.08. The Balaban J connectivity index is 1.85. The number of sulfone groups is 1. The van der Waals surface area contributed by atoms with Gasteiger partial charge in [-0.05, 0) is 27.5 Å². The first-order valence-electron chi connectivity index (χ1n) is 7.43. The summed E-state index contributed by atoms with van der Waals surface area (Å²) >= 11 is 0. The topological polar surface area (TPSA) is 54.4 Å². The summed E-state index contributed by atoms with van der Waals surface area (Å²) in [7, 11) is -3.26. The van der Waals surface area contributed by atoms with Gasteiger partial charge in [0.2, 0.25) is 0 Å². The summed E-state index contributed by atoms with van der Waals surface area (Å²) in [6.45, 7) is -0.0387. The van der Waals surface area contributed by atoms with E-state index in [9.17, 15) is 8.42 Å². The molecule has 0 radical (unpaired) electrons. The fourth-order valence-electron chi connectivity index (χ4n) is 2.70. The normalized spacial score (nSPS) is 11.7. The summed E-state index contributed by atoms with van der Waals surface area (Å²) in [5.74, 6) is 0.0258. The van der Waals surface area contributed by atoms with Crippen LogP contribution in [0.4, 0.5) is 0 Å². The Labute approximate surface area is 136 Å². The van der Waals surface area contributed by atoms with Crippen LogP contribution in [-0.4, -0.2) is 13.5 Å². The molecular formula is C19H18O3S. The highest BCUT2D eigenvalue weighted by molar-refractivity contribution is 7.89. The molecule has 0 heterocycles. The molecule has 3 nitrogen and oxygen atoms in total. The van der Waals surface area contributed by atoms with Gasteiger partial charge in [-0.1, -0.05) is 66.7 Å². The highest BCUT2D eigenvalue weighted by Gasteiger charge is 2.15. The molecular weight excluding hydrogens is 308 g/mol. The summed E-state index contributed by atoms with van der Waals surface area (Å²) in [6.07, 6.45) is 0. The van der Waals surface area contributed by atoms with Crippen molar-refractivity contribution in [1.29, 1.82) is 0 Å². The van der Waals surface area contributed by atoms with Gasteiger partial charge in [0.15, 0.2) is 9.84 Å². The molecule has 118 valence electrons. The Morgan fingerprint density at radius 2 is 1.39 bits per heavy atom. The summed E-state index contributed by atoms with van der Waals surface area (Å²) < 4.78 is 25.0. The fraction of sp³-hybridized carbons (Fsp3) is 0.158. The number of aliphatic hydroxyl groups is 1. The third-order valence-electron chi connectivity index (χ3n) is 3.85. The number of fused-ring (bicyclic) bond motifs is 1. The van der Waals surface area contributed by atoms with E-state index in [2.05, 4.69) is 0 Å². The smallest absolute Gasteiger partial charge is 0.158 e. The van der Waals surface area contributed by atoms with Gasteiger partial charge in [-0.15, -0.1) is 0 Å². The van der Waals surface area contributed by atoms with Crippen molar-refractivity contribution in [1.82, 2.24) is 0 Å². The minimum absolute atomic E-state index is 0.00191. The molecule has 3 aromatic rings. The Bertz CT molecular complexity index is 908. The Kier molecular flexibility index (Phi) is 4.46. The zero-order chi connectivity index (χ0) is 16.3. The van der Waals surface area contributed by atoms with Crippen molar-refractivity contribution in [2.75, 3.05) is 0 Å². The maximum absolute atomic E-state index is 12.5. The molecule has 0 atom stereocenters. The molecule has 4 heteroatoms. The van der Waals surface area contributed by atoms with Crippen LogP contribution >= 0.6 is 0 Å². The van der Waals surface area contributed by atoms with E-state index in [1.54, 1.807) is 24.3 Å². The lowest BCUT2D eigenvalue weighted by atomic mass is 10.1. The van der Waals surface area contributed by atoms with Gasteiger partial charge in [0.05, 0.1) is 18.1 Å². The second-order valence-corrected chi connectivity index (χ2v) is 7.71. The maximum Gasteiger partial charge on any atom is 0.158 e. The molecule has 0 unspecified atom stereocenters. The van der Waals surface area contributed by atoms with Gasteiger partial charge in [0.1, 0.15) is 0 Å². The van der Waals surface area contributed by atoms with Crippen molar-refractivity contribution in [2.45, 2.75) is 18.1 Å². The Morgan fingerprint density at radius 3 is 2.13 bits per heavy atom. The molecule has 23 heavy (non-hydrogen) atoms. The van der Waals surface area contributed by atoms with Crippen molar-refractivity contribution < 1.29 is 13.5 Å². The van der Waals surface area contributed by atoms with E-state index in [-0.39, 0.29) is 18.1 Å². The number of hydrogen-bond donors (Lipinski definition) is 1. The zero-order valence-electron chi connectivity index (χ0n) is 12.6. The van der Waals surface area contributed by atoms with Crippen LogP contribution in [0.25, 0.3) is 10.8 Å². The van der Waals surface area contributed by atoms with Gasteiger partial charge in [0.25, 0.3) is 0 Å². The van der Waals surface area contributed by atoms with Crippen molar-refractivity contribution >= 4 is 20.6 Å². The second kappa shape index (κ2) is 6.52. The van der Waals surface area contributed by atoms with E-state index >= 15 is 0 Å². The average molecular weight is 326 g/mol. The fourth-order valence-corrected chi connectivity index (χ4v) is 4.23. The minimum atomic E-state index is -3.26. The predicted molar refractivity (Wildman–Crippen MR) is 92.6 cm³/mol. The summed E-state index contributed by atoms with van der Waals surface area (Å²) in [5.41, 5.74) is 2.35. The molecule has 0 aliphatic rings. The molecule has 0 aliphatic heterocycles. The highest BCUT2D eigenvalue weighted by Crippen LogP contribution is 2.22. The second-order valence-electron chi connectivity index (χ2n) is 5.65. The van der Waals surface area contributed by atoms with Gasteiger partial charge in [-0.3, -0.25) is 0 Å². The summed E-state index contributed by atoms with van der Waals surface area (Å²) in [5, 5.41) is 11.1. The van der Waals surface area contributed by atoms with Crippen molar-refractivity contribution in [3.05, 3.63) is 83.4 Å². The van der Waals surface area contributed by atoms with E-state index in [1.165, 1.54) is 0 Å². The van der Waals surface area contributed by atoms with Gasteiger partial charge in [-0.25, -0.2) is 8.42 Å². The van der Waals surface area contributed by atoms with Crippen LogP contribution in [0.3, 0.4) is 0 Å². The molecule has 0 fully saturated rings. The lowest BCUT2D eigenvalue weighted by Crippen LogP contribution is -2.08. The standard InChI is InChI=1S/C19H18O3S/c20-12-15-8-10-16(11-9-15)13-23(21,22)14-18-6-3-5-17-4-1-2-7-19(17)18/h1-11,20H,12-14H2. The van der Waals surface area contributed by atoms with Gasteiger partial charge in [0, 0.05) is 0 Å². The van der Waals surface area contributed by atoms with Crippen LogP contribution in [0, 0.1) is 0 Å². The van der Waals surface area contributed by atoms with Gasteiger partial charge < -0.3 is 5.11 Å². The quantitative estimate of drug-likeness (QED) is 0.781. The van der Waals surface area contributed by atoms with Crippen LogP contribution in [0.5, 0.6) is 0 Å². The molecule has 0 amide bonds. The number of aliphatic hydroxyl groups excluding tert-OH is 1. The predicted octanol–water partition coefficient (Wildman–Crippen LogP) is 3.45. The SMILES string of the molecule is O=S(=O)(Cc1ccc(CO)cc1)Cc1cccc2ccccc12. The molecule has 0 spiro atoms. The van der Waals surface area contributed by atoms with Crippen molar-refractivity contribution in [2.24, 2.45) is 0 Å². The van der Waals surface area contributed by atoms with Crippen LogP contribution in [-0.2, 0) is 27.9 Å². The number of rotatable bonds is 5. The molecule has 3 rings (SSSR count). The molecule has 0 bridgehead atoms. The molecule has 0 aromatic heterocycles. The minimum Gasteiger partial charge on any atom is -0.392 e. The first kappa shape index (κ1) is 15.7. The van der Waals surface area contributed by atoms with Crippen LogP contribution < -0.4 is 0 Å². The first-order valence-corrected chi connectivity index (χ1v) is 9.25. The van der Waals surface area contributed by atoms with Crippen molar-refractivity contribution in [3.8, 4) is 0 Å². The number of benzene rings is 3. The van der Waals surface area contributed by atoms with E-state index < -0.39 is 9.84 Å². The van der Waals surface area contributed by atoms with E-state index in [1.807, 2.05) is 42.5 Å². The van der Waals surface area contributed by atoms with Gasteiger partial charge in [-0.2, -0.15) is 0 Å². The molecule has 0 saturated heterocycles. The maximum atomic E-state index is 12.5. The molecule has 3 aromatic carbocycles. The first-order chi connectivity index (χ1) is 11.1. The number of hydrogen-bond acceptors (Lipinski definition) is 3. The third-order valence-corrected chi connectivity index (χ3v) is 5.37. The lowest BCUT2D eigenvalue weighted by molar-refractivity contribution is 0.282. The highest BCUT2D eigenvalue weighted by atomic mass is 32.2.